The smallest absolute Gasteiger partial charge is 0.188 e. The molecule has 2 aliphatic rings. The average molecular weight is 553 g/mol. The van der Waals surface area contributed by atoms with Crippen molar-refractivity contribution in [3.8, 4) is 5.75 Å². The molecule has 1 fully saturated rings. The fourth-order valence-electron chi connectivity index (χ4n) is 5.62. The number of hydrogen-bond acceptors (Lipinski definition) is 5. The fourth-order valence-corrected chi connectivity index (χ4v) is 9.79. The molecule has 1 heterocycles. The first-order valence-corrected chi connectivity index (χ1v) is 15.0. The van der Waals surface area contributed by atoms with Crippen LogP contribution in [-0.4, -0.2) is 29.2 Å². The Morgan fingerprint density at radius 2 is 1.56 bits per heavy atom. The third-order valence-corrected chi connectivity index (χ3v) is 12.0. The van der Waals surface area contributed by atoms with E-state index >= 15 is 4.39 Å². The summed E-state index contributed by atoms with van der Waals surface area (Å²) in [6, 6.07) is 15.4. The maximum Gasteiger partial charge on any atom is 0.188 e. The minimum atomic E-state index is -4.27. The Morgan fingerprint density at radius 1 is 0.889 bits per heavy atom. The quantitative estimate of drug-likeness (QED) is 0.413. The maximum absolute atomic E-state index is 15.3. The van der Waals surface area contributed by atoms with E-state index < -0.39 is 47.7 Å². The van der Waals surface area contributed by atoms with Crippen molar-refractivity contribution in [2.75, 3.05) is 12.4 Å². The van der Waals surface area contributed by atoms with E-state index in [0.717, 1.165) is 12.1 Å². The van der Waals surface area contributed by atoms with Gasteiger partial charge in [0, 0.05) is 10.9 Å². The summed E-state index contributed by atoms with van der Waals surface area (Å²) in [5.41, 5.74) is -0.321. The summed E-state index contributed by atoms with van der Waals surface area (Å²) in [7, 11) is -7.89. The molecule has 0 aromatic heterocycles. The van der Waals surface area contributed by atoms with Crippen molar-refractivity contribution in [2.45, 2.75) is 33.8 Å². The Balaban J connectivity index is 1.59. The third kappa shape index (κ3) is 4.01. The van der Waals surface area contributed by atoms with Gasteiger partial charge in [-0.05, 0) is 73.7 Å². The van der Waals surface area contributed by atoms with E-state index in [1.54, 1.807) is 18.2 Å². The van der Waals surface area contributed by atoms with E-state index in [9.17, 15) is 21.2 Å². The van der Waals surface area contributed by atoms with Gasteiger partial charge >= 0.3 is 0 Å². The summed E-state index contributed by atoms with van der Waals surface area (Å²) in [4.78, 5) is 0.123. The second kappa shape index (κ2) is 9.11. The fraction of sp³-hybridized carbons (Fsp3) is 0.308. The Hall–Kier alpha value is -2.49. The molecule has 3 aromatic rings. The van der Waals surface area contributed by atoms with Crippen LogP contribution in [-0.2, 0) is 24.4 Å². The number of ether oxygens (including phenoxy) is 1. The first kappa shape index (κ1) is 25.2. The lowest BCUT2D eigenvalue weighted by Gasteiger charge is -2.49. The highest BCUT2D eigenvalue weighted by molar-refractivity contribution is 7.92. The zero-order valence-corrected chi connectivity index (χ0v) is 21.4. The van der Waals surface area contributed by atoms with Gasteiger partial charge in [0.2, 0.25) is 0 Å². The molecular weight excluding hydrogens is 530 g/mol. The lowest BCUT2D eigenvalue weighted by atomic mass is 9.69. The second-order valence-corrected chi connectivity index (χ2v) is 14.0. The van der Waals surface area contributed by atoms with Crippen LogP contribution >= 0.6 is 11.6 Å². The monoisotopic (exact) mass is 552 g/mol. The maximum atomic E-state index is 15.3. The highest BCUT2D eigenvalue weighted by Gasteiger charge is 2.59. The highest BCUT2D eigenvalue weighted by Crippen LogP contribution is 2.57. The van der Waals surface area contributed by atoms with Crippen LogP contribution in [0.2, 0.25) is 5.02 Å². The highest BCUT2D eigenvalue weighted by atomic mass is 35.5. The van der Waals surface area contributed by atoms with Crippen LogP contribution in [0.3, 0.4) is 0 Å². The number of halogens is 3. The predicted octanol–water partition coefficient (Wildman–Crippen LogP) is 5.57. The Morgan fingerprint density at radius 3 is 2.25 bits per heavy atom. The van der Waals surface area contributed by atoms with E-state index in [0.29, 0.717) is 5.02 Å². The molecule has 0 amide bonds. The number of sulfone groups is 2. The van der Waals surface area contributed by atoms with Crippen LogP contribution in [0.5, 0.6) is 5.75 Å². The summed E-state index contributed by atoms with van der Waals surface area (Å²) < 4.78 is 88.3. The van der Waals surface area contributed by atoms with Crippen LogP contribution in [0.1, 0.15) is 24.8 Å². The molecular formula is C26H23ClF2O5S2. The van der Waals surface area contributed by atoms with Gasteiger partial charge in [-0.2, -0.15) is 0 Å². The van der Waals surface area contributed by atoms with Gasteiger partial charge in [-0.1, -0.05) is 29.8 Å². The number of rotatable bonds is 5. The molecule has 3 atom stereocenters. The van der Waals surface area contributed by atoms with Crippen molar-refractivity contribution in [1.29, 1.82) is 0 Å². The van der Waals surface area contributed by atoms with Gasteiger partial charge in [0.25, 0.3) is 0 Å². The van der Waals surface area contributed by atoms with Gasteiger partial charge in [0.1, 0.15) is 10.6 Å². The minimum Gasteiger partial charge on any atom is -0.490 e. The SMILES string of the molecule is O=S(=O)(C[C@H]1CC[C@@]2(S(=O)(=O)c3ccc(Cl)cc3)c3c(F)ccc(F)c3OC[C@H]2C1)c1ccccc1. The van der Waals surface area contributed by atoms with Crippen LogP contribution in [0.4, 0.5) is 8.78 Å². The van der Waals surface area contributed by atoms with Crippen molar-refractivity contribution in [3.05, 3.63) is 89.0 Å². The molecule has 190 valence electrons. The predicted molar refractivity (Wildman–Crippen MR) is 131 cm³/mol. The molecule has 0 spiro atoms. The standard InChI is InChI=1S/C26H23ClF2O5S2/c27-19-6-8-21(9-7-19)36(32,33)26-13-12-17(16-35(30,31)20-4-2-1-3-5-20)14-18(26)15-34-25-23(29)11-10-22(28)24(25)26/h1-11,17-18H,12-16H2/t17-,18+,26-/m0/s1. The van der Waals surface area contributed by atoms with Gasteiger partial charge in [0.15, 0.2) is 31.2 Å². The van der Waals surface area contributed by atoms with E-state index in [1.165, 1.54) is 36.4 Å². The zero-order chi connectivity index (χ0) is 25.7. The molecule has 3 aromatic carbocycles. The normalized spacial score (nSPS) is 23.9. The minimum absolute atomic E-state index is 0.0660. The third-order valence-electron chi connectivity index (χ3n) is 7.27. The van der Waals surface area contributed by atoms with Crippen molar-refractivity contribution in [1.82, 2.24) is 0 Å². The van der Waals surface area contributed by atoms with Crippen LogP contribution < -0.4 is 4.74 Å². The van der Waals surface area contributed by atoms with E-state index in [1.807, 2.05) is 0 Å². The Bertz CT molecular complexity index is 1510. The zero-order valence-electron chi connectivity index (χ0n) is 19.0. The van der Waals surface area contributed by atoms with Gasteiger partial charge in [-0.15, -0.1) is 0 Å². The van der Waals surface area contributed by atoms with Gasteiger partial charge in [0.05, 0.1) is 27.7 Å². The molecule has 1 aliphatic carbocycles. The lowest BCUT2D eigenvalue weighted by molar-refractivity contribution is 0.103. The van der Waals surface area contributed by atoms with Gasteiger partial charge in [-0.25, -0.2) is 25.6 Å². The van der Waals surface area contributed by atoms with Crippen molar-refractivity contribution in [2.24, 2.45) is 11.8 Å². The average Bonchev–Trinajstić information content (AvgIpc) is 2.86. The molecule has 5 nitrogen and oxygen atoms in total. The first-order chi connectivity index (χ1) is 17.1. The molecule has 36 heavy (non-hydrogen) atoms. The van der Waals surface area contributed by atoms with Crippen LogP contribution in [0.15, 0.2) is 76.5 Å². The first-order valence-electron chi connectivity index (χ1n) is 11.5. The van der Waals surface area contributed by atoms with Crippen LogP contribution in [0.25, 0.3) is 0 Å². The van der Waals surface area contributed by atoms with E-state index in [2.05, 4.69) is 0 Å². The molecule has 1 aliphatic heterocycles. The Kier molecular flexibility index (Phi) is 6.37. The molecule has 0 unspecified atom stereocenters. The molecule has 0 N–H and O–H groups in total. The summed E-state index contributed by atoms with van der Waals surface area (Å²) in [6.45, 7) is -0.178. The number of benzene rings is 3. The largest absolute Gasteiger partial charge is 0.490 e. The summed E-state index contributed by atoms with van der Waals surface area (Å²) in [5.74, 6) is -3.46. The Labute approximate surface area is 213 Å². The summed E-state index contributed by atoms with van der Waals surface area (Å²) >= 11 is 5.96. The van der Waals surface area contributed by atoms with Crippen LogP contribution in [0, 0.1) is 23.5 Å². The van der Waals surface area contributed by atoms with Gasteiger partial charge in [-0.3, -0.25) is 0 Å². The van der Waals surface area contributed by atoms with Gasteiger partial charge < -0.3 is 4.74 Å². The lowest BCUT2D eigenvalue weighted by Crippen LogP contribution is -2.52. The second-order valence-electron chi connectivity index (χ2n) is 9.32. The summed E-state index contributed by atoms with van der Waals surface area (Å²) in [6.07, 6.45) is 0.285. The number of hydrogen-bond donors (Lipinski definition) is 0. The van der Waals surface area contributed by atoms with E-state index in [4.69, 9.17) is 16.3 Å². The van der Waals surface area contributed by atoms with Crippen molar-refractivity contribution >= 4 is 31.3 Å². The number of fused-ring (bicyclic) bond motifs is 3. The molecule has 0 saturated heterocycles. The molecule has 10 heteroatoms. The molecule has 5 rings (SSSR count). The van der Waals surface area contributed by atoms with Crippen molar-refractivity contribution < 1.29 is 30.4 Å². The van der Waals surface area contributed by atoms with Crippen molar-refractivity contribution in [3.63, 3.8) is 0 Å². The van der Waals surface area contributed by atoms with E-state index in [-0.39, 0.29) is 52.9 Å². The topological polar surface area (TPSA) is 77.5 Å². The summed E-state index contributed by atoms with van der Waals surface area (Å²) in [5, 5.41) is 0.336. The molecule has 1 saturated carbocycles. The molecule has 0 bridgehead atoms. The molecule has 0 radical (unpaired) electrons.